The number of aromatic amines is 1. The first kappa shape index (κ1) is 23.5. The van der Waals surface area contributed by atoms with Crippen molar-refractivity contribution in [1.82, 2.24) is 9.78 Å². The maximum atomic E-state index is 14.8. The Hall–Kier alpha value is -3.63. The molecule has 0 aliphatic carbocycles. The summed E-state index contributed by atoms with van der Waals surface area (Å²) in [5.74, 6) is -12.2. The van der Waals surface area contributed by atoms with Crippen LogP contribution in [0.3, 0.4) is 0 Å². The standard InChI is InChI=1S/C23H16F7N3O/c1-12-8-9-18-16(10-12)15(13(2)31-18)11-17-19(21(24,25)22(26,27)23(28,29)30)32-33(20(17)34)14-6-4-3-5-7-14/h3-11,32H,1-2H3. The smallest absolute Gasteiger partial charge is 0.288 e. The Balaban J connectivity index is 2.01. The molecule has 0 saturated carbocycles. The molecule has 0 amide bonds. The molecule has 34 heavy (non-hydrogen) atoms. The SMILES string of the molecule is CC1=Nc2ccc(C)cc2C1=Cc1c(C(F)(F)C(F)(F)C(F)(F)F)[nH]n(-c2ccccc2)c1=O. The van der Waals surface area contributed by atoms with E-state index in [1.165, 1.54) is 31.2 Å². The van der Waals surface area contributed by atoms with Crippen LogP contribution < -0.4 is 5.56 Å². The number of aliphatic imine (C=N–C) groups is 1. The Morgan fingerprint density at radius 1 is 0.941 bits per heavy atom. The van der Waals surface area contributed by atoms with Crippen molar-refractivity contribution < 1.29 is 30.7 Å². The molecular weight excluding hydrogens is 467 g/mol. The largest absolute Gasteiger partial charge is 0.460 e. The molecule has 0 atom stereocenters. The van der Waals surface area contributed by atoms with E-state index in [0.717, 1.165) is 11.6 Å². The van der Waals surface area contributed by atoms with Crippen molar-refractivity contribution in [3.8, 4) is 5.69 Å². The van der Waals surface area contributed by atoms with Crippen LogP contribution in [-0.2, 0) is 5.92 Å². The third-order valence-corrected chi connectivity index (χ3v) is 5.41. The van der Waals surface area contributed by atoms with Gasteiger partial charge in [0.05, 0.1) is 16.9 Å². The topological polar surface area (TPSA) is 50.1 Å². The van der Waals surface area contributed by atoms with Gasteiger partial charge in [-0.05, 0) is 44.2 Å². The number of nitrogens with zero attached hydrogens (tertiary/aromatic N) is 2. The number of allylic oxidation sites excluding steroid dienone is 1. The van der Waals surface area contributed by atoms with Crippen LogP contribution in [0.1, 0.15) is 29.3 Å². The summed E-state index contributed by atoms with van der Waals surface area (Å²) in [6.07, 6.45) is -5.70. The Kier molecular flexibility index (Phi) is 5.34. The van der Waals surface area contributed by atoms with Crippen molar-refractivity contribution in [3.63, 3.8) is 0 Å². The van der Waals surface area contributed by atoms with E-state index in [0.29, 0.717) is 15.9 Å². The van der Waals surface area contributed by atoms with Gasteiger partial charge in [-0.25, -0.2) is 4.68 Å². The highest BCUT2D eigenvalue weighted by atomic mass is 19.4. The van der Waals surface area contributed by atoms with Crippen LogP contribution in [0.25, 0.3) is 17.3 Å². The molecule has 1 aromatic heterocycles. The van der Waals surface area contributed by atoms with Gasteiger partial charge in [0, 0.05) is 16.8 Å². The van der Waals surface area contributed by atoms with Gasteiger partial charge in [-0.3, -0.25) is 14.9 Å². The van der Waals surface area contributed by atoms with Gasteiger partial charge in [-0.15, -0.1) is 0 Å². The van der Waals surface area contributed by atoms with E-state index >= 15 is 0 Å². The molecule has 11 heteroatoms. The molecule has 178 valence electrons. The predicted octanol–water partition coefficient (Wildman–Crippen LogP) is 6.41. The first-order valence-electron chi connectivity index (χ1n) is 9.87. The van der Waals surface area contributed by atoms with Crippen LogP contribution in [0, 0.1) is 6.92 Å². The fourth-order valence-corrected chi connectivity index (χ4v) is 3.64. The molecule has 4 rings (SSSR count). The third-order valence-electron chi connectivity index (χ3n) is 5.41. The van der Waals surface area contributed by atoms with E-state index in [4.69, 9.17) is 0 Å². The van der Waals surface area contributed by atoms with Gasteiger partial charge >= 0.3 is 18.0 Å². The summed E-state index contributed by atoms with van der Waals surface area (Å²) >= 11 is 0. The number of aryl methyl sites for hydroxylation is 1. The molecule has 2 heterocycles. The summed E-state index contributed by atoms with van der Waals surface area (Å²) in [5.41, 5.74) is -2.06. The molecule has 0 fully saturated rings. The summed E-state index contributed by atoms with van der Waals surface area (Å²) in [4.78, 5) is 17.3. The molecule has 4 nitrogen and oxygen atoms in total. The van der Waals surface area contributed by atoms with E-state index in [-0.39, 0.29) is 17.0 Å². The molecule has 1 N–H and O–H groups in total. The van der Waals surface area contributed by atoms with Gasteiger partial charge in [0.25, 0.3) is 5.56 Å². The molecule has 0 radical (unpaired) electrons. The van der Waals surface area contributed by atoms with Gasteiger partial charge in [0.15, 0.2) is 0 Å². The number of halogens is 7. The predicted molar refractivity (Wildman–Crippen MR) is 113 cm³/mol. The molecule has 1 aliphatic rings. The first-order chi connectivity index (χ1) is 15.8. The van der Waals surface area contributed by atoms with Crippen molar-refractivity contribution in [2.75, 3.05) is 0 Å². The lowest BCUT2D eigenvalue weighted by molar-refractivity contribution is -0.360. The fourth-order valence-electron chi connectivity index (χ4n) is 3.64. The lowest BCUT2D eigenvalue weighted by atomic mass is 9.97. The molecule has 0 unspecified atom stereocenters. The average Bonchev–Trinajstić information content (AvgIpc) is 3.25. The summed E-state index contributed by atoms with van der Waals surface area (Å²) < 4.78 is 96.8. The van der Waals surface area contributed by atoms with Crippen molar-refractivity contribution in [2.24, 2.45) is 4.99 Å². The second-order valence-corrected chi connectivity index (χ2v) is 7.80. The zero-order chi connectivity index (χ0) is 25.1. The zero-order valence-electron chi connectivity index (χ0n) is 17.6. The Morgan fingerprint density at radius 2 is 1.59 bits per heavy atom. The molecule has 0 spiro atoms. The van der Waals surface area contributed by atoms with Gasteiger partial charge in [-0.2, -0.15) is 30.7 Å². The number of H-pyrrole nitrogens is 1. The van der Waals surface area contributed by atoms with Crippen molar-refractivity contribution in [2.45, 2.75) is 31.9 Å². The van der Waals surface area contributed by atoms with Crippen LogP contribution in [0.15, 0.2) is 58.3 Å². The second kappa shape index (κ2) is 7.71. The Labute approximate surface area is 188 Å². The van der Waals surface area contributed by atoms with Crippen LogP contribution >= 0.6 is 0 Å². The van der Waals surface area contributed by atoms with E-state index in [2.05, 4.69) is 4.99 Å². The molecule has 3 aromatic rings. The molecule has 0 saturated heterocycles. The summed E-state index contributed by atoms with van der Waals surface area (Å²) in [6.45, 7) is 3.25. The number of para-hydroxylation sites is 1. The maximum Gasteiger partial charge on any atom is 0.460 e. The summed E-state index contributed by atoms with van der Waals surface area (Å²) in [6, 6.07) is 12.1. The quantitative estimate of drug-likeness (QED) is 0.429. The third kappa shape index (κ3) is 3.55. The lowest BCUT2D eigenvalue weighted by Crippen LogP contribution is -2.50. The Bertz CT molecular complexity index is 1380. The monoisotopic (exact) mass is 483 g/mol. The van der Waals surface area contributed by atoms with Crippen LogP contribution in [-0.4, -0.2) is 27.6 Å². The number of nitrogens with one attached hydrogen (secondary N) is 1. The highest BCUT2D eigenvalue weighted by Crippen LogP contribution is 2.52. The minimum Gasteiger partial charge on any atom is -0.288 e. The van der Waals surface area contributed by atoms with Crippen LogP contribution in [0.4, 0.5) is 36.4 Å². The summed E-state index contributed by atoms with van der Waals surface area (Å²) in [7, 11) is 0. The second-order valence-electron chi connectivity index (χ2n) is 7.80. The van der Waals surface area contributed by atoms with Crippen molar-refractivity contribution >= 4 is 23.0 Å². The van der Waals surface area contributed by atoms with Gasteiger partial charge < -0.3 is 0 Å². The van der Waals surface area contributed by atoms with Gasteiger partial charge in [0.2, 0.25) is 0 Å². The maximum absolute atomic E-state index is 14.8. The molecule has 0 bridgehead atoms. The zero-order valence-corrected chi connectivity index (χ0v) is 17.6. The highest BCUT2D eigenvalue weighted by Gasteiger charge is 2.74. The number of rotatable bonds is 4. The van der Waals surface area contributed by atoms with E-state index in [9.17, 15) is 35.5 Å². The first-order valence-corrected chi connectivity index (χ1v) is 9.87. The summed E-state index contributed by atoms with van der Waals surface area (Å²) in [5, 5.41) is 1.80. The van der Waals surface area contributed by atoms with Gasteiger partial charge in [-0.1, -0.05) is 29.8 Å². The Morgan fingerprint density at radius 3 is 2.21 bits per heavy atom. The van der Waals surface area contributed by atoms with Crippen LogP contribution in [0.2, 0.25) is 0 Å². The fraction of sp³-hybridized carbons (Fsp3) is 0.217. The number of hydrogen-bond acceptors (Lipinski definition) is 2. The molecular formula is C23H16F7N3O. The van der Waals surface area contributed by atoms with E-state index in [1.54, 1.807) is 36.3 Å². The number of hydrogen-bond donors (Lipinski definition) is 1. The normalized spacial score (nSPS) is 15.6. The van der Waals surface area contributed by atoms with E-state index < -0.39 is 34.8 Å². The highest BCUT2D eigenvalue weighted by molar-refractivity contribution is 6.31. The van der Waals surface area contributed by atoms with Crippen molar-refractivity contribution in [3.05, 3.63) is 81.3 Å². The molecule has 1 aliphatic heterocycles. The number of aromatic nitrogens is 2. The van der Waals surface area contributed by atoms with Gasteiger partial charge in [0.1, 0.15) is 5.69 Å². The minimum atomic E-state index is -6.57. The van der Waals surface area contributed by atoms with Crippen LogP contribution in [0.5, 0.6) is 0 Å². The number of fused-ring (bicyclic) bond motifs is 1. The number of alkyl halides is 7. The van der Waals surface area contributed by atoms with Crippen molar-refractivity contribution in [1.29, 1.82) is 0 Å². The average molecular weight is 483 g/mol. The molecule has 2 aromatic carbocycles. The minimum absolute atomic E-state index is 0.0300. The van der Waals surface area contributed by atoms with E-state index in [1.807, 2.05) is 0 Å². The lowest BCUT2D eigenvalue weighted by Gasteiger charge is -2.27. The number of benzene rings is 2.